The van der Waals surface area contributed by atoms with Crippen LogP contribution in [0, 0.1) is 11.8 Å². The van der Waals surface area contributed by atoms with Crippen molar-refractivity contribution in [1.82, 2.24) is 10.2 Å². The average molecular weight is 225 g/mol. The molecule has 1 saturated carbocycles. The van der Waals surface area contributed by atoms with E-state index in [0.29, 0.717) is 24.4 Å². The number of carbonyl (C=O) groups is 1. The molecule has 2 aliphatic rings. The van der Waals surface area contributed by atoms with Gasteiger partial charge in [-0.1, -0.05) is 6.92 Å². The Labute approximate surface area is 97.6 Å². The van der Waals surface area contributed by atoms with Crippen LogP contribution in [-0.4, -0.2) is 43.0 Å². The highest BCUT2D eigenvalue weighted by molar-refractivity contribution is 5.78. The largest absolute Gasteiger partial charge is 0.352 e. The normalized spacial score (nSPS) is 31.4. The van der Waals surface area contributed by atoms with E-state index in [0.717, 1.165) is 38.9 Å². The van der Waals surface area contributed by atoms with Gasteiger partial charge in [-0.2, -0.15) is 0 Å². The highest BCUT2D eigenvalue weighted by atomic mass is 16.2. The van der Waals surface area contributed by atoms with Crippen molar-refractivity contribution in [3.8, 4) is 0 Å². The fourth-order valence-electron chi connectivity index (χ4n) is 2.48. The van der Waals surface area contributed by atoms with E-state index in [9.17, 15) is 4.79 Å². The first-order chi connectivity index (χ1) is 7.69. The van der Waals surface area contributed by atoms with Crippen molar-refractivity contribution in [2.24, 2.45) is 17.6 Å². The first kappa shape index (κ1) is 11.9. The lowest BCUT2D eigenvalue weighted by Crippen LogP contribution is -2.46. The fourth-order valence-corrected chi connectivity index (χ4v) is 2.48. The van der Waals surface area contributed by atoms with Crippen molar-refractivity contribution in [2.45, 2.75) is 32.2 Å². The summed E-state index contributed by atoms with van der Waals surface area (Å²) in [6, 6.07) is 0.478. The lowest BCUT2D eigenvalue weighted by molar-refractivity contribution is -0.123. The molecule has 1 aliphatic heterocycles. The lowest BCUT2D eigenvalue weighted by Gasteiger charge is -2.35. The van der Waals surface area contributed by atoms with Crippen LogP contribution in [0.4, 0.5) is 0 Å². The molecule has 0 aromatic carbocycles. The van der Waals surface area contributed by atoms with Gasteiger partial charge in [-0.15, -0.1) is 0 Å². The van der Waals surface area contributed by atoms with Crippen LogP contribution in [-0.2, 0) is 4.79 Å². The highest BCUT2D eigenvalue weighted by Crippen LogP contribution is 2.22. The molecule has 0 spiro atoms. The smallest absolute Gasteiger partial charge is 0.234 e. The van der Waals surface area contributed by atoms with Crippen molar-refractivity contribution in [1.29, 1.82) is 0 Å². The van der Waals surface area contributed by atoms with Gasteiger partial charge in [0, 0.05) is 12.6 Å². The second-order valence-electron chi connectivity index (χ2n) is 5.34. The molecule has 0 radical (unpaired) electrons. The number of hydrogen-bond donors (Lipinski definition) is 2. The van der Waals surface area contributed by atoms with E-state index < -0.39 is 0 Å². The Morgan fingerprint density at radius 1 is 1.44 bits per heavy atom. The summed E-state index contributed by atoms with van der Waals surface area (Å²) in [6.07, 6.45) is 3.46. The van der Waals surface area contributed by atoms with E-state index in [2.05, 4.69) is 17.1 Å². The second-order valence-corrected chi connectivity index (χ2v) is 5.34. The molecule has 92 valence electrons. The van der Waals surface area contributed by atoms with E-state index in [4.69, 9.17) is 5.73 Å². The minimum absolute atomic E-state index is 0.195. The number of nitrogens with one attached hydrogen (secondary N) is 1. The fraction of sp³-hybridized carbons (Fsp3) is 0.917. The summed E-state index contributed by atoms with van der Waals surface area (Å²) >= 11 is 0. The van der Waals surface area contributed by atoms with E-state index >= 15 is 0 Å². The summed E-state index contributed by atoms with van der Waals surface area (Å²) in [4.78, 5) is 13.9. The molecule has 2 unspecified atom stereocenters. The van der Waals surface area contributed by atoms with Crippen LogP contribution >= 0.6 is 0 Å². The van der Waals surface area contributed by atoms with Gasteiger partial charge in [0.2, 0.25) is 5.91 Å². The van der Waals surface area contributed by atoms with Gasteiger partial charge in [0.1, 0.15) is 0 Å². The molecule has 16 heavy (non-hydrogen) atoms. The molecule has 3 N–H and O–H groups in total. The molecule has 1 saturated heterocycles. The molecule has 4 nitrogen and oxygen atoms in total. The Morgan fingerprint density at radius 3 is 2.75 bits per heavy atom. The first-order valence-corrected chi connectivity index (χ1v) is 6.41. The van der Waals surface area contributed by atoms with E-state index in [1.165, 1.54) is 0 Å². The summed E-state index contributed by atoms with van der Waals surface area (Å²) in [5, 5.41) is 3.04. The predicted octanol–water partition coefficient (Wildman–Crippen LogP) is 0.182. The Morgan fingerprint density at radius 2 is 2.19 bits per heavy atom. The van der Waals surface area contributed by atoms with Gasteiger partial charge >= 0.3 is 0 Å². The van der Waals surface area contributed by atoms with Crippen molar-refractivity contribution in [3.63, 3.8) is 0 Å². The summed E-state index contributed by atoms with van der Waals surface area (Å²) < 4.78 is 0. The molecule has 1 aliphatic carbocycles. The maximum absolute atomic E-state index is 11.6. The van der Waals surface area contributed by atoms with Crippen LogP contribution in [0.5, 0.6) is 0 Å². The number of amides is 1. The number of piperidine rings is 1. The van der Waals surface area contributed by atoms with Gasteiger partial charge in [-0.3, -0.25) is 9.69 Å². The van der Waals surface area contributed by atoms with Gasteiger partial charge in [0.25, 0.3) is 0 Å². The number of likely N-dealkylation sites (tertiary alicyclic amines) is 1. The van der Waals surface area contributed by atoms with Crippen LogP contribution in [0.1, 0.15) is 26.2 Å². The zero-order valence-corrected chi connectivity index (χ0v) is 10.1. The third kappa shape index (κ3) is 3.19. The number of rotatable bonds is 4. The molecular weight excluding hydrogens is 202 g/mol. The number of carbonyl (C=O) groups excluding carboxylic acids is 1. The quantitative estimate of drug-likeness (QED) is 0.717. The monoisotopic (exact) mass is 225 g/mol. The molecule has 0 bridgehead atoms. The number of nitrogens with zero attached hydrogens (tertiary/aromatic N) is 1. The Balaban J connectivity index is 1.71. The maximum atomic E-state index is 11.6. The molecule has 1 amide bonds. The minimum Gasteiger partial charge on any atom is -0.352 e. The zero-order valence-electron chi connectivity index (χ0n) is 10.1. The van der Waals surface area contributed by atoms with Crippen LogP contribution < -0.4 is 11.1 Å². The van der Waals surface area contributed by atoms with Gasteiger partial charge in [-0.05, 0) is 44.2 Å². The third-order valence-electron chi connectivity index (χ3n) is 3.78. The SMILES string of the molecule is CC1CN(CC(=O)NC2CC2)CCC1CN. The standard InChI is InChI=1S/C12H23N3O/c1-9-7-15(5-4-10(9)6-13)8-12(16)14-11-2-3-11/h9-11H,2-8,13H2,1H3,(H,14,16). The minimum atomic E-state index is 0.195. The molecular formula is C12H23N3O. The third-order valence-corrected chi connectivity index (χ3v) is 3.78. The van der Waals surface area contributed by atoms with E-state index in [1.807, 2.05) is 0 Å². The predicted molar refractivity (Wildman–Crippen MR) is 63.9 cm³/mol. The summed E-state index contributed by atoms with van der Waals surface area (Å²) in [5.41, 5.74) is 5.72. The number of hydrogen-bond acceptors (Lipinski definition) is 3. The average Bonchev–Trinajstić information content (AvgIpc) is 3.01. The van der Waals surface area contributed by atoms with Gasteiger partial charge in [0.15, 0.2) is 0 Å². The van der Waals surface area contributed by atoms with Crippen LogP contribution in [0.3, 0.4) is 0 Å². The number of nitrogens with two attached hydrogens (primary N) is 1. The molecule has 1 heterocycles. The Kier molecular flexibility index (Phi) is 3.82. The van der Waals surface area contributed by atoms with E-state index in [1.54, 1.807) is 0 Å². The Bertz CT molecular complexity index is 253. The molecule has 2 rings (SSSR count). The van der Waals surface area contributed by atoms with Gasteiger partial charge in [0.05, 0.1) is 6.54 Å². The summed E-state index contributed by atoms with van der Waals surface area (Å²) in [5.74, 6) is 1.45. The van der Waals surface area contributed by atoms with Crippen LogP contribution in [0.15, 0.2) is 0 Å². The van der Waals surface area contributed by atoms with E-state index in [-0.39, 0.29) is 5.91 Å². The molecule has 2 fully saturated rings. The summed E-state index contributed by atoms with van der Waals surface area (Å²) in [7, 11) is 0. The van der Waals surface area contributed by atoms with Crippen molar-refractivity contribution >= 4 is 5.91 Å². The molecule has 0 aromatic rings. The topological polar surface area (TPSA) is 58.4 Å². The van der Waals surface area contributed by atoms with Crippen molar-refractivity contribution < 1.29 is 4.79 Å². The lowest BCUT2D eigenvalue weighted by atomic mass is 9.87. The molecule has 2 atom stereocenters. The van der Waals surface area contributed by atoms with Crippen LogP contribution in [0.2, 0.25) is 0 Å². The van der Waals surface area contributed by atoms with Gasteiger partial charge < -0.3 is 11.1 Å². The second kappa shape index (κ2) is 5.15. The molecule has 4 heteroatoms. The zero-order chi connectivity index (χ0) is 11.5. The maximum Gasteiger partial charge on any atom is 0.234 e. The summed E-state index contributed by atoms with van der Waals surface area (Å²) in [6.45, 7) is 5.62. The van der Waals surface area contributed by atoms with Crippen molar-refractivity contribution in [3.05, 3.63) is 0 Å². The Hall–Kier alpha value is -0.610. The first-order valence-electron chi connectivity index (χ1n) is 6.41. The highest BCUT2D eigenvalue weighted by Gasteiger charge is 2.28. The van der Waals surface area contributed by atoms with Crippen molar-refractivity contribution in [2.75, 3.05) is 26.2 Å². The van der Waals surface area contributed by atoms with Crippen LogP contribution in [0.25, 0.3) is 0 Å². The van der Waals surface area contributed by atoms with Gasteiger partial charge in [-0.25, -0.2) is 0 Å². The molecule has 0 aromatic heterocycles.